The summed E-state index contributed by atoms with van der Waals surface area (Å²) in [5, 5.41) is 8.74. The summed E-state index contributed by atoms with van der Waals surface area (Å²) in [7, 11) is 0. The molecule has 0 N–H and O–H groups in total. The zero-order valence-electron chi connectivity index (χ0n) is 8.68. The van der Waals surface area contributed by atoms with Crippen LogP contribution in [0.25, 0.3) is 0 Å². The molecule has 0 amide bonds. The molecule has 0 saturated carbocycles. The molecule has 0 aliphatic heterocycles. The number of nitriles is 1. The quantitative estimate of drug-likeness (QED) is 0.447. The summed E-state index contributed by atoms with van der Waals surface area (Å²) in [6, 6.07) is 2.29. The molecule has 0 rings (SSSR count). The van der Waals surface area contributed by atoms with Gasteiger partial charge in [-0.25, -0.2) is 0 Å². The molecule has 0 radical (unpaired) electrons. The Morgan fingerprint density at radius 1 is 1.46 bits per heavy atom. The van der Waals surface area contributed by atoms with Crippen LogP contribution in [0.1, 0.15) is 33.1 Å². The van der Waals surface area contributed by atoms with Gasteiger partial charge in [0.05, 0.1) is 18.1 Å². The second-order valence-electron chi connectivity index (χ2n) is 3.82. The minimum Gasteiger partial charge on any atom is -0.377 e. The fourth-order valence-corrected chi connectivity index (χ4v) is 0.994. The number of unbranched alkanes of at least 4 members (excludes halogenated alkanes) is 1. The van der Waals surface area contributed by atoms with E-state index in [1.807, 2.05) is 13.8 Å². The molecule has 2 heteroatoms. The maximum absolute atomic E-state index is 8.74. The molecule has 0 fully saturated rings. The molecule has 0 saturated heterocycles. The second-order valence-corrected chi connectivity index (χ2v) is 3.82. The van der Waals surface area contributed by atoms with E-state index in [0.717, 1.165) is 25.9 Å². The highest BCUT2D eigenvalue weighted by Crippen LogP contribution is 2.21. The van der Waals surface area contributed by atoms with Crippen LogP contribution in [-0.2, 0) is 4.74 Å². The lowest BCUT2D eigenvalue weighted by Gasteiger charge is -2.13. The zero-order valence-corrected chi connectivity index (χ0v) is 8.68. The van der Waals surface area contributed by atoms with Crippen molar-refractivity contribution in [1.82, 2.24) is 0 Å². The average molecular weight is 181 g/mol. The molecule has 0 aromatic rings. The maximum Gasteiger partial charge on any atom is 0.0683 e. The monoisotopic (exact) mass is 181 g/mol. The summed E-state index contributed by atoms with van der Waals surface area (Å²) in [5.74, 6) is 0. The average Bonchev–Trinajstić information content (AvgIpc) is 2.11. The van der Waals surface area contributed by atoms with E-state index in [1.54, 1.807) is 6.08 Å². The third-order valence-electron chi connectivity index (χ3n) is 1.88. The number of rotatable bonds is 7. The molecule has 13 heavy (non-hydrogen) atoms. The lowest BCUT2D eigenvalue weighted by Crippen LogP contribution is -2.07. The first kappa shape index (κ1) is 12.2. The first-order valence-electron chi connectivity index (χ1n) is 4.72. The van der Waals surface area contributed by atoms with Crippen LogP contribution >= 0.6 is 0 Å². The van der Waals surface area contributed by atoms with Gasteiger partial charge in [-0.3, -0.25) is 0 Å². The fraction of sp³-hybridized carbons (Fsp3) is 0.727. The van der Waals surface area contributed by atoms with Gasteiger partial charge in [-0.2, -0.15) is 5.26 Å². The summed E-state index contributed by atoms with van der Waals surface area (Å²) in [4.78, 5) is 0. The minimum absolute atomic E-state index is 0.182. The van der Waals surface area contributed by atoms with Crippen LogP contribution in [-0.4, -0.2) is 13.2 Å². The number of hydrogen-bond donors (Lipinski definition) is 0. The van der Waals surface area contributed by atoms with Crippen molar-refractivity contribution in [2.75, 3.05) is 13.2 Å². The van der Waals surface area contributed by atoms with Gasteiger partial charge in [-0.15, -0.1) is 6.58 Å². The minimum atomic E-state index is -0.182. The van der Waals surface area contributed by atoms with Crippen LogP contribution in [0.15, 0.2) is 12.7 Å². The van der Waals surface area contributed by atoms with Gasteiger partial charge in [0.15, 0.2) is 0 Å². The molecule has 2 nitrogen and oxygen atoms in total. The van der Waals surface area contributed by atoms with Gasteiger partial charge in [0.2, 0.25) is 0 Å². The highest BCUT2D eigenvalue weighted by molar-refractivity contribution is 4.91. The van der Waals surface area contributed by atoms with Crippen LogP contribution in [0.2, 0.25) is 0 Å². The van der Waals surface area contributed by atoms with E-state index in [9.17, 15) is 0 Å². The smallest absolute Gasteiger partial charge is 0.0683 e. The highest BCUT2D eigenvalue weighted by atomic mass is 16.5. The Labute approximate surface area is 81.2 Å². The maximum atomic E-state index is 8.74. The molecule has 0 aromatic heterocycles. The van der Waals surface area contributed by atoms with Crippen LogP contribution in [0, 0.1) is 16.7 Å². The normalized spacial score (nSPS) is 10.8. The van der Waals surface area contributed by atoms with E-state index in [2.05, 4.69) is 12.6 Å². The molecule has 0 spiro atoms. The zero-order chi connectivity index (χ0) is 10.2. The molecule has 74 valence electrons. The second kappa shape index (κ2) is 6.68. The van der Waals surface area contributed by atoms with Gasteiger partial charge in [0.1, 0.15) is 0 Å². The standard InChI is InChI=1S/C11H19NO/c1-4-8-13-9-6-5-7-11(2,3)10-12/h4H,1,5-9H2,2-3H3. The predicted molar refractivity (Wildman–Crippen MR) is 54.3 cm³/mol. The Bertz CT molecular complexity index is 179. The van der Waals surface area contributed by atoms with Crippen LogP contribution in [0.3, 0.4) is 0 Å². The summed E-state index contributed by atoms with van der Waals surface area (Å²) >= 11 is 0. The lowest BCUT2D eigenvalue weighted by atomic mass is 9.89. The van der Waals surface area contributed by atoms with Crippen molar-refractivity contribution in [3.63, 3.8) is 0 Å². The van der Waals surface area contributed by atoms with Crippen molar-refractivity contribution in [2.45, 2.75) is 33.1 Å². The Hall–Kier alpha value is -0.810. The van der Waals surface area contributed by atoms with Gasteiger partial charge in [0.25, 0.3) is 0 Å². The predicted octanol–water partition coefficient (Wildman–Crippen LogP) is 2.91. The van der Waals surface area contributed by atoms with Crippen LogP contribution in [0.4, 0.5) is 0 Å². The summed E-state index contributed by atoms with van der Waals surface area (Å²) in [5.41, 5.74) is -0.182. The van der Waals surface area contributed by atoms with Crippen molar-refractivity contribution in [1.29, 1.82) is 5.26 Å². The molecule has 0 unspecified atom stereocenters. The number of nitrogens with zero attached hydrogens (tertiary/aromatic N) is 1. The third-order valence-corrected chi connectivity index (χ3v) is 1.88. The van der Waals surface area contributed by atoms with E-state index in [4.69, 9.17) is 10.00 Å². The topological polar surface area (TPSA) is 33.0 Å². The Morgan fingerprint density at radius 2 is 2.15 bits per heavy atom. The molecule has 0 heterocycles. The highest BCUT2D eigenvalue weighted by Gasteiger charge is 2.14. The van der Waals surface area contributed by atoms with Gasteiger partial charge in [-0.05, 0) is 33.1 Å². The SMILES string of the molecule is C=CCOCCCCC(C)(C)C#N. The summed E-state index contributed by atoms with van der Waals surface area (Å²) < 4.78 is 5.23. The van der Waals surface area contributed by atoms with Crippen molar-refractivity contribution >= 4 is 0 Å². The van der Waals surface area contributed by atoms with Gasteiger partial charge in [0, 0.05) is 6.61 Å². The fourth-order valence-electron chi connectivity index (χ4n) is 0.994. The lowest BCUT2D eigenvalue weighted by molar-refractivity contribution is 0.155. The summed E-state index contributed by atoms with van der Waals surface area (Å²) in [6.07, 6.45) is 4.77. The number of hydrogen-bond acceptors (Lipinski definition) is 2. The van der Waals surface area contributed by atoms with E-state index < -0.39 is 0 Å². The first-order chi connectivity index (χ1) is 6.12. The Morgan fingerprint density at radius 3 is 2.69 bits per heavy atom. The molecule has 0 bridgehead atoms. The van der Waals surface area contributed by atoms with E-state index in [1.165, 1.54) is 0 Å². The number of ether oxygens (including phenoxy) is 1. The van der Waals surface area contributed by atoms with E-state index >= 15 is 0 Å². The van der Waals surface area contributed by atoms with Crippen molar-refractivity contribution in [3.05, 3.63) is 12.7 Å². The Balaban J connectivity index is 3.27. The van der Waals surface area contributed by atoms with Gasteiger partial charge in [-0.1, -0.05) is 6.08 Å². The molecule has 0 aromatic carbocycles. The van der Waals surface area contributed by atoms with Crippen molar-refractivity contribution in [3.8, 4) is 6.07 Å². The largest absolute Gasteiger partial charge is 0.377 e. The van der Waals surface area contributed by atoms with E-state index in [0.29, 0.717) is 6.61 Å². The Kier molecular flexibility index (Phi) is 6.26. The van der Waals surface area contributed by atoms with Crippen LogP contribution < -0.4 is 0 Å². The van der Waals surface area contributed by atoms with Gasteiger partial charge >= 0.3 is 0 Å². The van der Waals surface area contributed by atoms with Crippen molar-refractivity contribution < 1.29 is 4.74 Å². The van der Waals surface area contributed by atoms with Crippen LogP contribution in [0.5, 0.6) is 0 Å². The molecule has 0 aliphatic carbocycles. The molecule has 0 atom stereocenters. The van der Waals surface area contributed by atoms with E-state index in [-0.39, 0.29) is 5.41 Å². The van der Waals surface area contributed by atoms with Gasteiger partial charge < -0.3 is 4.74 Å². The molecular weight excluding hydrogens is 162 g/mol. The third kappa shape index (κ3) is 7.55. The molecular formula is C11H19NO. The summed E-state index contributed by atoms with van der Waals surface area (Å²) in [6.45, 7) is 8.90. The van der Waals surface area contributed by atoms with Crippen molar-refractivity contribution in [2.24, 2.45) is 5.41 Å². The molecule has 0 aliphatic rings. The first-order valence-corrected chi connectivity index (χ1v) is 4.72.